The van der Waals surface area contributed by atoms with Gasteiger partial charge in [-0.05, 0) is 43.9 Å². The number of carbonyl (C=O) groups is 1. The van der Waals surface area contributed by atoms with Gasteiger partial charge >= 0.3 is 6.64 Å². The smallest absolute Gasteiger partial charge is 0.312 e. The molecule has 0 spiro atoms. The molecule has 1 N–H and O–H groups in total. The Morgan fingerprint density at radius 3 is 2.35 bits per heavy atom. The zero-order valence-electron chi connectivity index (χ0n) is 15.9. The minimum absolute atomic E-state index is 0.108. The van der Waals surface area contributed by atoms with Crippen LogP contribution < -0.4 is 9.61 Å². The SMILES string of the molecule is COCCC(=O)N(C)C.COP(=S)(NC(C)C)Oc1ccc(Cl)cc1Cl. The fourth-order valence-corrected chi connectivity index (χ4v) is 4.18. The van der Waals surface area contributed by atoms with Gasteiger partial charge in [-0.1, -0.05) is 23.2 Å². The Labute approximate surface area is 171 Å². The fourth-order valence-electron chi connectivity index (χ4n) is 1.52. The molecular weight excluding hydrogens is 418 g/mol. The topological polar surface area (TPSA) is 60.0 Å². The molecule has 1 aromatic carbocycles. The second kappa shape index (κ2) is 12.9. The molecule has 1 rings (SSSR count). The molecular formula is C16H27Cl2N2O4PS. The second-order valence-electron chi connectivity index (χ2n) is 5.66. The molecule has 1 atom stereocenters. The molecule has 1 unspecified atom stereocenters. The van der Waals surface area contributed by atoms with Crippen LogP contribution in [0, 0.1) is 0 Å². The summed E-state index contributed by atoms with van der Waals surface area (Å²) in [4.78, 5) is 12.3. The molecule has 1 amide bonds. The van der Waals surface area contributed by atoms with E-state index in [1.165, 1.54) is 7.11 Å². The summed E-state index contributed by atoms with van der Waals surface area (Å²) >= 11 is 17.1. The van der Waals surface area contributed by atoms with Gasteiger partial charge in [0, 0.05) is 39.4 Å². The number of nitrogens with zero attached hydrogens (tertiary/aromatic N) is 1. The number of hydrogen-bond donors (Lipinski definition) is 1. The molecule has 150 valence electrons. The summed E-state index contributed by atoms with van der Waals surface area (Å²) in [6.07, 6.45) is 0.476. The Morgan fingerprint density at radius 1 is 1.31 bits per heavy atom. The van der Waals surface area contributed by atoms with Crippen LogP contribution in [0.5, 0.6) is 5.75 Å². The van der Waals surface area contributed by atoms with Gasteiger partial charge in [-0.3, -0.25) is 4.79 Å². The monoisotopic (exact) mass is 444 g/mol. The van der Waals surface area contributed by atoms with Crippen molar-refractivity contribution in [3.05, 3.63) is 28.2 Å². The predicted molar refractivity (Wildman–Crippen MR) is 112 cm³/mol. The number of rotatable bonds is 8. The number of benzene rings is 1. The van der Waals surface area contributed by atoms with E-state index in [9.17, 15) is 4.79 Å². The van der Waals surface area contributed by atoms with Crippen LogP contribution in [0.25, 0.3) is 0 Å². The van der Waals surface area contributed by atoms with Gasteiger partial charge in [0.2, 0.25) is 5.91 Å². The number of amides is 1. The van der Waals surface area contributed by atoms with Crippen LogP contribution in [-0.2, 0) is 25.9 Å². The van der Waals surface area contributed by atoms with Crippen LogP contribution >= 0.6 is 29.8 Å². The van der Waals surface area contributed by atoms with Crippen molar-refractivity contribution in [2.45, 2.75) is 26.3 Å². The van der Waals surface area contributed by atoms with E-state index in [0.717, 1.165) is 0 Å². The molecule has 0 saturated carbocycles. The van der Waals surface area contributed by atoms with Crippen LogP contribution in [0.4, 0.5) is 0 Å². The highest BCUT2D eigenvalue weighted by Crippen LogP contribution is 2.46. The lowest BCUT2D eigenvalue weighted by atomic mass is 10.3. The summed E-state index contributed by atoms with van der Waals surface area (Å²) in [5.41, 5.74) is 0. The Balaban J connectivity index is 0.000000590. The van der Waals surface area contributed by atoms with E-state index < -0.39 is 6.64 Å². The van der Waals surface area contributed by atoms with Crippen LogP contribution in [0.1, 0.15) is 20.3 Å². The van der Waals surface area contributed by atoms with Gasteiger partial charge in [-0.2, -0.15) is 0 Å². The van der Waals surface area contributed by atoms with Crippen LogP contribution in [0.3, 0.4) is 0 Å². The first-order valence-corrected chi connectivity index (χ1v) is 11.2. The standard InChI is InChI=1S/C10H14Cl2NO2PS.C6H13NO2/c1-7(2)13-16(17,14-3)15-10-5-4-8(11)6-9(10)12;1-7(2)6(8)4-5-9-3/h4-7H,1-3H3,(H,13,17);4-5H2,1-3H3. The quantitative estimate of drug-likeness (QED) is 0.601. The van der Waals surface area contributed by atoms with Gasteiger partial charge in [0.05, 0.1) is 18.1 Å². The lowest BCUT2D eigenvalue weighted by Gasteiger charge is -2.24. The lowest BCUT2D eigenvalue weighted by molar-refractivity contribution is -0.129. The molecule has 0 bridgehead atoms. The summed E-state index contributed by atoms with van der Waals surface area (Å²) in [6, 6.07) is 5.12. The Hall–Kier alpha value is -0.400. The van der Waals surface area contributed by atoms with E-state index in [2.05, 4.69) is 5.09 Å². The Kier molecular flexibility index (Phi) is 12.7. The molecule has 0 fully saturated rings. The normalized spacial score (nSPS) is 12.8. The number of halogens is 2. The first-order valence-electron chi connectivity index (χ1n) is 7.82. The summed E-state index contributed by atoms with van der Waals surface area (Å²) in [5.74, 6) is 0.575. The number of methoxy groups -OCH3 is 1. The third-order valence-electron chi connectivity index (χ3n) is 2.79. The average molecular weight is 445 g/mol. The molecule has 26 heavy (non-hydrogen) atoms. The molecule has 0 aromatic heterocycles. The van der Waals surface area contributed by atoms with Gasteiger partial charge in [0.1, 0.15) is 5.75 Å². The van der Waals surface area contributed by atoms with Gasteiger partial charge in [0.25, 0.3) is 0 Å². The van der Waals surface area contributed by atoms with Crippen molar-refractivity contribution < 1.29 is 18.6 Å². The van der Waals surface area contributed by atoms with E-state index in [4.69, 9.17) is 48.8 Å². The molecule has 0 saturated heterocycles. The zero-order valence-corrected chi connectivity index (χ0v) is 19.1. The van der Waals surface area contributed by atoms with Crippen LogP contribution in [0.2, 0.25) is 10.0 Å². The van der Waals surface area contributed by atoms with Crippen molar-refractivity contribution in [3.8, 4) is 5.75 Å². The van der Waals surface area contributed by atoms with E-state index >= 15 is 0 Å². The largest absolute Gasteiger partial charge is 0.431 e. The third kappa shape index (κ3) is 10.7. The molecule has 1 aromatic rings. The number of ether oxygens (including phenoxy) is 1. The van der Waals surface area contributed by atoms with Gasteiger partial charge in [-0.25, -0.2) is 5.09 Å². The van der Waals surface area contributed by atoms with Gasteiger partial charge in [-0.15, -0.1) is 0 Å². The highest BCUT2D eigenvalue weighted by Gasteiger charge is 2.21. The van der Waals surface area contributed by atoms with E-state index in [1.807, 2.05) is 13.8 Å². The Bertz CT molecular complexity index is 618. The van der Waals surface area contributed by atoms with E-state index in [1.54, 1.807) is 44.3 Å². The molecule has 0 radical (unpaired) electrons. The summed E-state index contributed by atoms with van der Waals surface area (Å²) < 4.78 is 15.6. The van der Waals surface area contributed by atoms with Gasteiger partial charge < -0.3 is 18.7 Å². The molecule has 6 nitrogen and oxygen atoms in total. The van der Waals surface area contributed by atoms with Crippen molar-refractivity contribution >= 4 is 47.6 Å². The van der Waals surface area contributed by atoms with Crippen LogP contribution in [0.15, 0.2) is 18.2 Å². The summed E-state index contributed by atoms with van der Waals surface area (Å²) in [6.45, 7) is 1.88. The molecule has 0 aliphatic carbocycles. The number of carbonyl (C=O) groups excluding carboxylic acids is 1. The third-order valence-corrected chi connectivity index (χ3v) is 6.06. The van der Waals surface area contributed by atoms with Crippen molar-refractivity contribution in [3.63, 3.8) is 0 Å². The maximum absolute atomic E-state index is 10.7. The molecule has 0 aliphatic heterocycles. The van der Waals surface area contributed by atoms with Crippen molar-refractivity contribution in [1.29, 1.82) is 0 Å². The minimum atomic E-state index is -2.56. The lowest BCUT2D eigenvalue weighted by Crippen LogP contribution is -2.22. The average Bonchev–Trinajstić information content (AvgIpc) is 2.55. The molecule has 0 aliphatic rings. The first-order chi connectivity index (χ1) is 12.0. The first kappa shape index (κ1) is 25.6. The Morgan fingerprint density at radius 2 is 1.92 bits per heavy atom. The minimum Gasteiger partial charge on any atom is -0.431 e. The van der Waals surface area contributed by atoms with Gasteiger partial charge in [0.15, 0.2) is 0 Å². The number of nitrogens with one attached hydrogen (secondary N) is 1. The maximum Gasteiger partial charge on any atom is 0.312 e. The van der Waals surface area contributed by atoms with Crippen molar-refractivity contribution in [2.24, 2.45) is 0 Å². The summed E-state index contributed by atoms with van der Waals surface area (Å²) in [5, 5.41) is 4.04. The fraction of sp³-hybridized carbons (Fsp3) is 0.562. The highest BCUT2D eigenvalue weighted by atomic mass is 35.5. The highest BCUT2D eigenvalue weighted by molar-refractivity contribution is 8.09. The molecule has 10 heteroatoms. The molecule has 0 heterocycles. The van der Waals surface area contributed by atoms with E-state index in [-0.39, 0.29) is 11.9 Å². The second-order valence-corrected chi connectivity index (χ2v) is 9.75. The van der Waals surface area contributed by atoms with Crippen LogP contribution in [-0.4, -0.2) is 51.8 Å². The summed E-state index contributed by atoms with van der Waals surface area (Å²) in [7, 11) is 6.57. The maximum atomic E-state index is 10.7. The predicted octanol–water partition coefficient (Wildman–Crippen LogP) is 4.35. The van der Waals surface area contributed by atoms with Crippen molar-refractivity contribution in [1.82, 2.24) is 9.99 Å². The zero-order chi connectivity index (χ0) is 20.3. The number of hydrogen-bond acceptors (Lipinski definition) is 5. The van der Waals surface area contributed by atoms with E-state index in [0.29, 0.717) is 28.8 Å². The van der Waals surface area contributed by atoms with Crippen molar-refractivity contribution in [2.75, 3.05) is 34.9 Å².